The molecular weight excluding hydrogens is 292 g/mol. The van der Waals surface area contributed by atoms with Crippen LogP contribution in [0.15, 0.2) is 0 Å². The van der Waals surface area contributed by atoms with Gasteiger partial charge in [0.15, 0.2) is 0 Å². The summed E-state index contributed by atoms with van der Waals surface area (Å²) in [6.07, 6.45) is 5.23. The normalized spacial score (nSPS) is 23.9. The van der Waals surface area contributed by atoms with Crippen molar-refractivity contribution in [2.24, 2.45) is 0 Å². The van der Waals surface area contributed by atoms with Gasteiger partial charge in [-0.2, -0.15) is 17.0 Å². The molecule has 0 bridgehead atoms. The van der Waals surface area contributed by atoms with Gasteiger partial charge in [0.2, 0.25) is 0 Å². The molecular formula is C10H19BrN2O2S. The molecule has 1 saturated heterocycles. The van der Waals surface area contributed by atoms with Crippen LogP contribution in [0, 0.1) is 0 Å². The van der Waals surface area contributed by atoms with Crippen LogP contribution in [0.1, 0.15) is 32.1 Å². The number of nitrogens with zero attached hydrogens (tertiary/aromatic N) is 2. The summed E-state index contributed by atoms with van der Waals surface area (Å²) in [6.45, 7) is 2.01. The molecule has 0 atom stereocenters. The maximum Gasteiger partial charge on any atom is 0.282 e. The van der Waals surface area contributed by atoms with Gasteiger partial charge in [-0.05, 0) is 25.7 Å². The number of alkyl halides is 1. The first-order valence-electron chi connectivity index (χ1n) is 5.99. The van der Waals surface area contributed by atoms with E-state index in [1.165, 1.54) is 6.42 Å². The Morgan fingerprint density at radius 2 is 1.81 bits per heavy atom. The lowest BCUT2D eigenvalue weighted by molar-refractivity contribution is 0.215. The lowest BCUT2D eigenvalue weighted by atomic mass is 9.93. The maximum absolute atomic E-state index is 12.4. The Balaban J connectivity index is 2.10. The topological polar surface area (TPSA) is 40.6 Å². The van der Waals surface area contributed by atoms with E-state index < -0.39 is 10.2 Å². The molecule has 0 radical (unpaired) electrons. The fraction of sp³-hybridized carbons (Fsp3) is 1.00. The van der Waals surface area contributed by atoms with Gasteiger partial charge in [0.05, 0.1) is 0 Å². The van der Waals surface area contributed by atoms with Crippen LogP contribution in [0.5, 0.6) is 0 Å². The summed E-state index contributed by atoms with van der Waals surface area (Å²) in [5.74, 6) is 0. The van der Waals surface area contributed by atoms with Crippen molar-refractivity contribution in [3.63, 3.8) is 0 Å². The zero-order chi connectivity index (χ0) is 11.6. The number of rotatable bonds is 5. The van der Waals surface area contributed by atoms with Crippen molar-refractivity contribution < 1.29 is 8.42 Å². The van der Waals surface area contributed by atoms with Gasteiger partial charge in [-0.3, -0.25) is 0 Å². The van der Waals surface area contributed by atoms with Gasteiger partial charge in [0.25, 0.3) is 10.2 Å². The first kappa shape index (κ1) is 12.8. The second kappa shape index (κ2) is 5.33. The predicted octanol–water partition coefficient (Wildman–Crippen LogP) is 1.58. The molecule has 1 saturated carbocycles. The molecule has 1 aliphatic carbocycles. The summed E-state index contributed by atoms with van der Waals surface area (Å²) in [5.41, 5.74) is 0. The standard InChI is InChI=1S/C10H19BrN2O2S/c11-6-9-13(10-4-3-5-10)16(14,15)12-7-1-2-8-12/h10H,1-9H2. The summed E-state index contributed by atoms with van der Waals surface area (Å²) < 4.78 is 28.1. The summed E-state index contributed by atoms with van der Waals surface area (Å²) in [6, 6.07) is 0.253. The monoisotopic (exact) mass is 310 g/mol. The highest BCUT2D eigenvalue weighted by atomic mass is 79.9. The Labute approximate surface area is 106 Å². The van der Waals surface area contributed by atoms with E-state index in [-0.39, 0.29) is 6.04 Å². The second-order valence-corrected chi connectivity index (χ2v) is 7.17. The number of hydrogen-bond donors (Lipinski definition) is 0. The fourth-order valence-electron chi connectivity index (χ4n) is 2.31. The molecule has 0 aromatic rings. The highest BCUT2D eigenvalue weighted by molar-refractivity contribution is 9.09. The summed E-state index contributed by atoms with van der Waals surface area (Å²) in [4.78, 5) is 0. The van der Waals surface area contributed by atoms with Gasteiger partial charge >= 0.3 is 0 Å². The summed E-state index contributed by atoms with van der Waals surface area (Å²) >= 11 is 3.35. The Kier molecular flexibility index (Phi) is 4.26. The molecule has 0 amide bonds. The third-order valence-corrected chi connectivity index (χ3v) is 5.92. The van der Waals surface area contributed by atoms with Crippen LogP contribution in [0.25, 0.3) is 0 Å². The van der Waals surface area contributed by atoms with E-state index in [0.29, 0.717) is 19.6 Å². The van der Waals surface area contributed by atoms with Gasteiger partial charge in [-0.25, -0.2) is 0 Å². The van der Waals surface area contributed by atoms with Crippen molar-refractivity contribution in [1.29, 1.82) is 0 Å². The van der Waals surface area contributed by atoms with E-state index >= 15 is 0 Å². The van der Waals surface area contributed by atoms with E-state index in [1.54, 1.807) is 8.61 Å². The molecule has 1 aliphatic heterocycles. The minimum atomic E-state index is -3.19. The van der Waals surface area contributed by atoms with E-state index in [0.717, 1.165) is 31.0 Å². The van der Waals surface area contributed by atoms with Crippen molar-refractivity contribution in [2.45, 2.75) is 38.1 Å². The average Bonchev–Trinajstić information content (AvgIpc) is 2.67. The van der Waals surface area contributed by atoms with E-state index in [4.69, 9.17) is 0 Å². The Bertz CT molecular complexity index is 324. The molecule has 16 heavy (non-hydrogen) atoms. The van der Waals surface area contributed by atoms with Crippen molar-refractivity contribution in [3.05, 3.63) is 0 Å². The molecule has 0 N–H and O–H groups in total. The summed E-state index contributed by atoms with van der Waals surface area (Å²) in [5, 5.41) is 0.719. The molecule has 0 aromatic heterocycles. The molecule has 0 aromatic carbocycles. The van der Waals surface area contributed by atoms with E-state index in [2.05, 4.69) is 15.9 Å². The maximum atomic E-state index is 12.4. The Morgan fingerprint density at radius 3 is 2.25 bits per heavy atom. The smallest absolute Gasteiger partial charge is 0.195 e. The van der Waals surface area contributed by atoms with Crippen LogP contribution in [-0.2, 0) is 10.2 Å². The van der Waals surface area contributed by atoms with Crippen LogP contribution in [0.2, 0.25) is 0 Å². The lowest BCUT2D eigenvalue weighted by Crippen LogP contribution is -2.50. The van der Waals surface area contributed by atoms with E-state index in [1.807, 2.05) is 0 Å². The quantitative estimate of drug-likeness (QED) is 0.723. The molecule has 0 unspecified atom stereocenters. The first-order chi connectivity index (χ1) is 7.66. The van der Waals surface area contributed by atoms with Gasteiger partial charge in [-0.1, -0.05) is 22.4 Å². The third-order valence-electron chi connectivity index (χ3n) is 3.47. The van der Waals surface area contributed by atoms with Gasteiger partial charge in [0.1, 0.15) is 0 Å². The van der Waals surface area contributed by atoms with Crippen LogP contribution in [-0.4, -0.2) is 48.0 Å². The third kappa shape index (κ3) is 2.44. The minimum Gasteiger partial charge on any atom is -0.195 e. The second-order valence-electron chi connectivity index (χ2n) is 4.50. The molecule has 2 rings (SSSR count). The molecule has 94 valence electrons. The van der Waals surface area contributed by atoms with Crippen molar-refractivity contribution in [1.82, 2.24) is 8.61 Å². The lowest BCUT2D eigenvalue weighted by Gasteiger charge is -2.38. The first-order valence-corrected chi connectivity index (χ1v) is 8.51. The highest BCUT2D eigenvalue weighted by Gasteiger charge is 2.37. The van der Waals surface area contributed by atoms with Crippen molar-refractivity contribution >= 4 is 26.1 Å². The number of halogens is 1. The van der Waals surface area contributed by atoms with Gasteiger partial charge < -0.3 is 0 Å². The predicted molar refractivity (Wildman–Crippen MR) is 67.9 cm³/mol. The Morgan fingerprint density at radius 1 is 1.19 bits per heavy atom. The van der Waals surface area contributed by atoms with Crippen LogP contribution < -0.4 is 0 Å². The molecule has 1 heterocycles. The number of hydrogen-bond acceptors (Lipinski definition) is 2. The van der Waals surface area contributed by atoms with Crippen LogP contribution >= 0.6 is 15.9 Å². The van der Waals surface area contributed by atoms with Crippen molar-refractivity contribution in [3.8, 4) is 0 Å². The van der Waals surface area contributed by atoms with Gasteiger partial charge in [0, 0.05) is 31.0 Å². The average molecular weight is 311 g/mol. The fourth-order valence-corrected chi connectivity index (χ4v) is 4.85. The Hall–Kier alpha value is 0.350. The SMILES string of the molecule is O=S(=O)(N1CCCC1)N(CCBr)C1CCC1. The minimum absolute atomic E-state index is 0.253. The molecule has 6 heteroatoms. The zero-order valence-electron chi connectivity index (χ0n) is 9.44. The summed E-state index contributed by atoms with van der Waals surface area (Å²) in [7, 11) is -3.19. The van der Waals surface area contributed by atoms with Crippen LogP contribution in [0.3, 0.4) is 0 Å². The van der Waals surface area contributed by atoms with Gasteiger partial charge in [-0.15, -0.1) is 0 Å². The molecule has 0 spiro atoms. The highest BCUT2D eigenvalue weighted by Crippen LogP contribution is 2.29. The van der Waals surface area contributed by atoms with E-state index in [9.17, 15) is 8.42 Å². The van der Waals surface area contributed by atoms with Crippen LogP contribution in [0.4, 0.5) is 0 Å². The molecule has 2 fully saturated rings. The molecule has 2 aliphatic rings. The van der Waals surface area contributed by atoms with Crippen molar-refractivity contribution in [2.75, 3.05) is 25.0 Å². The molecule has 4 nitrogen and oxygen atoms in total. The largest absolute Gasteiger partial charge is 0.282 e. The zero-order valence-corrected chi connectivity index (χ0v) is 11.8.